The fraction of sp³-hybridized carbons (Fsp3) is 0.455. The van der Waals surface area contributed by atoms with Gasteiger partial charge in [0.25, 0.3) is 5.91 Å². The number of halogens is 1. The molecular formula is C22H29FN4O. The lowest BCUT2D eigenvalue weighted by atomic mass is 10.0. The molecule has 2 N–H and O–H groups in total. The number of carbonyl (C=O) groups is 1. The second-order valence-corrected chi connectivity index (χ2v) is 7.90. The Bertz CT molecular complexity index is 822. The van der Waals surface area contributed by atoms with E-state index in [-0.39, 0.29) is 11.9 Å². The highest BCUT2D eigenvalue weighted by molar-refractivity contribution is 5.97. The van der Waals surface area contributed by atoms with E-state index in [1.54, 1.807) is 6.07 Å². The van der Waals surface area contributed by atoms with Gasteiger partial charge in [-0.15, -0.1) is 0 Å². The highest BCUT2D eigenvalue weighted by atomic mass is 19.1. The van der Waals surface area contributed by atoms with Crippen molar-refractivity contribution in [2.75, 3.05) is 24.5 Å². The summed E-state index contributed by atoms with van der Waals surface area (Å²) in [5, 5.41) is 0. The van der Waals surface area contributed by atoms with Gasteiger partial charge in [-0.05, 0) is 49.1 Å². The van der Waals surface area contributed by atoms with Crippen molar-refractivity contribution in [3.63, 3.8) is 0 Å². The quantitative estimate of drug-likeness (QED) is 0.859. The predicted molar refractivity (Wildman–Crippen MR) is 110 cm³/mol. The molecule has 6 heteroatoms. The maximum Gasteiger partial charge on any atom is 0.252 e. The van der Waals surface area contributed by atoms with E-state index < -0.39 is 5.91 Å². The van der Waals surface area contributed by atoms with Gasteiger partial charge in [0, 0.05) is 37.9 Å². The van der Waals surface area contributed by atoms with E-state index in [0.717, 1.165) is 43.9 Å². The topological polar surface area (TPSA) is 62.5 Å². The molecule has 0 radical (unpaired) electrons. The Morgan fingerprint density at radius 1 is 1.21 bits per heavy atom. The summed E-state index contributed by atoms with van der Waals surface area (Å²) >= 11 is 0. The number of aryl methyl sites for hydroxylation is 1. The number of rotatable bonds is 5. The number of carbonyl (C=O) groups excluding carboxylic acids is 1. The Morgan fingerprint density at radius 3 is 2.57 bits per heavy atom. The molecule has 3 rings (SSSR count). The van der Waals surface area contributed by atoms with Crippen LogP contribution in [0.5, 0.6) is 0 Å². The number of primary amides is 1. The van der Waals surface area contributed by atoms with Crippen molar-refractivity contribution >= 4 is 11.7 Å². The number of nitrogens with zero attached hydrogens (tertiary/aromatic N) is 3. The van der Waals surface area contributed by atoms with E-state index in [9.17, 15) is 9.18 Å². The van der Waals surface area contributed by atoms with Crippen LogP contribution >= 0.6 is 0 Å². The first-order valence-corrected chi connectivity index (χ1v) is 9.86. The van der Waals surface area contributed by atoms with Crippen molar-refractivity contribution in [1.82, 2.24) is 9.88 Å². The SMILES string of the molecule is Cc1ccc(C(N)=O)c(N2CCCN(Cc3ccc(F)cc3)C(C(C)C)C2)n1. The summed E-state index contributed by atoms with van der Waals surface area (Å²) in [7, 11) is 0. The minimum atomic E-state index is -0.448. The first-order valence-electron chi connectivity index (χ1n) is 9.86. The molecule has 0 aliphatic carbocycles. The van der Waals surface area contributed by atoms with Crippen LogP contribution in [0.2, 0.25) is 0 Å². The second kappa shape index (κ2) is 8.69. The molecule has 1 aliphatic heterocycles. The lowest BCUT2D eigenvalue weighted by Gasteiger charge is -2.35. The van der Waals surface area contributed by atoms with Crippen molar-refractivity contribution in [2.45, 2.75) is 39.8 Å². The summed E-state index contributed by atoms with van der Waals surface area (Å²) in [6, 6.07) is 10.6. The molecular weight excluding hydrogens is 355 g/mol. The third kappa shape index (κ3) is 4.68. The van der Waals surface area contributed by atoms with E-state index in [4.69, 9.17) is 5.73 Å². The molecule has 2 heterocycles. The van der Waals surface area contributed by atoms with E-state index in [1.165, 1.54) is 12.1 Å². The van der Waals surface area contributed by atoms with Crippen molar-refractivity contribution in [3.05, 3.63) is 59.0 Å². The molecule has 1 saturated heterocycles. The molecule has 1 fully saturated rings. The molecule has 1 aromatic heterocycles. The van der Waals surface area contributed by atoms with Gasteiger partial charge >= 0.3 is 0 Å². The number of pyridine rings is 1. The number of hydrogen-bond acceptors (Lipinski definition) is 4. The van der Waals surface area contributed by atoms with Crippen LogP contribution in [0.25, 0.3) is 0 Å². The Hall–Kier alpha value is -2.47. The van der Waals surface area contributed by atoms with Gasteiger partial charge in [0.1, 0.15) is 11.6 Å². The molecule has 150 valence electrons. The molecule has 1 amide bonds. The third-order valence-electron chi connectivity index (χ3n) is 5.40. The number of hydrogen-bond donors (Lipinski definition) is 1. The lowest BCUT2D eigenvalue weighted by Crippen LogP contribution is -2.44. The zero-order valence-electron chi connectivity index (χ0n) is 16.9. The second-order valence-electron chi connectivity index (χ2n) is 7.90. The Kier molecular flexibility index (Phi) is 6.29. The van der Waals surface area contributed by atoms with Crippen LogP contribution in [0.3, 0.4) is 0 Å². The fourth-order valence-electron chi connectivity index (χ4n) is 3.88. The molecule has 2 aromatic rings. The highest BCUT2D eigenvalue weighted by Crippen LogP contribution is 2.25. The molecule has 0 bridgehead atoms. The molecule has 0 spiro atoms. The van der Waals surface area contributed by atoms with Crippen molar-refractivity contribution in [3.8, 4) is 0 Å². The molecule has 5 nitrogen and oxygen atoms in total. The molecule has 28 heavy (non-hydrogen) atoms. The smallest absolute Gasteiger partial charge is 0.252 e. The van der Waals surface area contributed by atoms with Crippen LogP contribution in [-0.4, -0.2) is 41.5 Å². The van der Waals surface area contributed by atoms with E-state index in [2.05, 4.69) is 28.6 Å². The maximum atomic E-state index is 13.2. The number of nitrogens with two attached hydrogens (primary N) is 1. The monoisotopic (exact) mass is 384 g/mol. The number of aromatic nitrogens is 1. The number of amides is 1. The molecule has 1 aliphatic rings. The molecule has 1 aromatic carbocycles. The van der Waals surface area contributed by atoms with Crippen molar-refractivity contribution < 1.29 is 9.18 Å². The van der Waals surface area contributed by atoms with Crippen LogP contribution in [0.15, 0.2) is 36.4 Å². The minimum Gasteiger partial charge on any atom is -0.365 e. The van der Waals surface area contributed by atoms with Gasteiger partial charge in [0.15, 0.2) is 0 Å². The highest BCUT2D eigenvalue weighted by Gasteiger charge is 2.29. The summed E-state index contributed by atoms with van der Waals surface area (Å²) in [6.07, 6.45) is 0.957. The number of anilines is 1. The normalized spacial score (nSPS) is 18.3. The maximum absolute atomic E-state index is 13.2. The zero-order chi connectivity index (χ0) is 20.3. The average Bonchev–Trinajstić information content (AvgIpc) is 2.86. The van der Waals surface area contributed by atoms with Crippen molar-refractivity contribution in [2.24, 2.45) is 11.7 Å². The summed E-state index contributed by atoms with van der Waals surface area (Å²) in [4.78, 5) is 21.2. The van der Waals surface area contributed by atoms with Gasteiger partial charge in [-0.3, -0.25) is 9.69 Å². The third-order valence-corrected chi connectivity index (χ3v) is 5.40. The first kappa shape index (κ1) is 20.3. The average molecular weight is 384 g/mol. The van der Waals surface area contributed by atoms with Gasteiger partial charge in [0.2, 0.25) is 0 Å². The van der Waals surface area contributed by atoms with Crippen LogP contribution in [0, 0.1) is 18.7 Å². The van der Waals surface area contributed by atoms with Gasteiger partial charge < -0.3 is 10.6 Å². The largest absolute Gasteiger partial charge is 0.365 e. The van der Waals surface area contributed by atoms with Crippen LogP contribution in [-0.2, 0) is 6.54 Å². The standard InChI is InChI=1S/C22H29FN4O/c1-15(2)20-14-27(22-19(21(24)28)10-5-16(3)25-22)12-4-11-26(20)13-17-6-8-18(23)9-7-17/h5-10,15,20H,4,11-14H2,1-3H3,(H2,24,28). The van der Waals surface area contributed by atoms with Crippen LogP contribution in [0.1, 0.15) is 41.9 Å². The van der Waals surface area contributed by atoms with Gasteiger partial charge in [-0.25, -0.2) is 9.37 Å². The van der Waals surface area contributed by atoms with E-state index in [0.29, 0.717) is 17.3 Å². The summed E-state index contributed by atoms with van der Waals surface area (Å²) in [5.74, 6) is 0.441. The first-order chi connectivity index (χ1) is 13.3. The van der Waals surface area contributed by atoms with Gasteiger partial charge in [-0.2, -0.15) is 0 Å². The Labute approximate surface area is 166 Å². The molecule has 1 atom stereocenters. The van der Waals surface area contributed by atoms with Gasteiger partial charge in [-0.1, -0.05) is 26.0 Å². The molecule has 1 unspecified atom stereocenters. The van der Waals surface area contributed by atoms with Gasteiger partial charge in [0.05, 0.1) is 5.56 Å². The van der Waals surface area contributed by atoms with Crippen LogP contribution in [0.4, 0.5) is 10.2 Å². The fourth-order valence-corrected chi connectivity index (χ4v) is 3.88. The van der Waals surface area contributed by atoms with Crippen molar-refractivity contribution in [1.29, 1.82) is 0 Å². The minimum absolute atomic E-state index is 0.212. The van der Waals surface area contributed by atoms with E-state index in [1.807, 2.05) is 25.1 Å². The summed E-state index contributed by atoms with van der Waals surface area (Å²) in [6.45, 7) is 9.66. The zero-order valence-corrected chi connectivity index (χ0v) is 16.9. The number of benzene rings is 1. The summed E-state index contributed by atoms with van der Waals surface area (Å²) in [5.41, 5.74) is 8.04. The van der Waals surface area contributed by atoms with Crippen LogP contribution < -0.4 is 10.6 Å². The van der Waals surface area contributed by atoms with E-state index >= 15 is 0 Å². The molecule has 0 saturated carbocycles. The lowest BCUT2D eigenvalue weighted by molar-refractivity contribution is 0.100. The summed E-state index contributed by atoms with van der Waals surface area (Å²) < 4.78 is 13.2. The Morgan fingerprint density at radius 2 is 1.93 bits per heavy atom. The predicted octanol–water partition coefficient (Wildman–Crippen LogP) is 3.36. The Balaban J connectivity index is 1.86.